The molecule has 1 rings (SSSR count). The molecule has 22 heavy (non-hydrogen) atoms. The van der Waals surface area contributed by atoms with Crippen LogP contribution in [-0.2, 0) is 19.1 Å². The van der Waals surface area contributed by atoms with E-state index in [2.05, 4.69) is 13.8 Å². The van der Waals surface area contributed by atoms with Crippen molar-refractivity contribution in [3.63, 3.8) is 0 Å². The average molecular weight is 328 g/mol. The van der Waals surface area contributed by atoms with Gasteiger partial charge in [-0.25, -0.2) is 9.59 Å². The highest BCUT2D eigenvalue weighted by atomic mass is 32.2. The summed E-state index contributed by atoms with van der Waals surface area (Å²) in [6.07, 6.45) is 7.54. The van der Waals surface area contributed by atoms with Crippen LogP contribution in [-0.4, -0.2) is 28.0 Å². The summed E-state index contributed by atoms with van der Waals surface area (Å²) in [6, 6.07) is 0. The first-order valence-electron chi connectivity index (χ1n) is 7.98. The number of hydrogen-bond donors (Lipinski definition) is 0. The molecule has 0 saturated heterocycles. The van der Waals surface area contributed by atoms with E-state index in [0.29, 0.717) is 5.76 Å². The second-order valence-electron chi connectivity index (χ2n) is 6.81. The second-order valence-corrected chi connectivity index (χ2v) is 8.34. The Hall–Kier alpha value is -0.970. The Morgan fingerprint density at radius 3 is 2.50 bits per heavy atom. The molecule has 0 aliphatic carbocycles. The largest absolute Gasteiger partial charge is 0.452 e. The monoisotopic (exact) mass is 328 g/mol. The Labute approximate surface area is 138 Å². The molecular formula is C17H28O4S. The van der Waals surface area contributed by atoms with Crippen LogP contribution in [0.25, 0.3) is 0 Å². The highest BCUT2D eigenvalue weighted by Gasteiger charge is 2.37. The molecule has 1 aliphatic rings. The van der Waals surface area contributed by atoms with Gasteiger partial charge in [-0.15, -0.1) is 11.8 Å². The molecule has 1 aliphatic heterocycles. The SMILES string of the molecule is CCCCCCC1(C)SCC=C1OC(=O)C(=O)OC(C)(C)C. The lowest BCUT2D eigenvalue weighted by atomic mass is 9.99. The van der Waals surface area contributed by atoms with Crippen LogP contribution in [0.2, 0.25) is 0 Å². The van der Waals surface area contributed by atoms with Crippen LogP contribution in [0.15, 0.2) is 11.8 Å². The zero-order chi connectivity index (χ0) is 16.8. The van der Waals surface area contributed by atoms with Crippen molar-refractivity contribution < 1.29 is 19.1 Å². The van der Waals surface area contributed by atoms with Gasteiger partial charge in [0.25, 0.3) is 0 Å². The molecule has 126 valence electrons. The molecule has 5 heteroatoms. The van der Waals surface area contributed by atoms with Gasteiger partial charge < -0.3 is 9.47 Å². The number of esters is 2. The zero-order valence-electron chi connectivity index (χ0n) is 14.4. The maximum absolute atomic E-state index is 11.9. The fourth-order valence-corrected chi connectivity index (χ4v) is 3.44. The standard InChI is InChI=1S/C17H28O4S/c1-6-7-8-9-11-17(5)13(10-12-22-17)20-14(18)15(19)21-16(2,3)4/h10H,6-9,11-12H2,1-5H3. The van der Waals surface area contributed by atoms with Crippen molar-refractivity contribution in [1.29, 1.82) is 0 Å². The molecule has 1 unspecified atom stereocenters. The van der Waals surface area contributed by atoms with Gasteiger partial charge in [-0.05, 0) is 40.2 Å². The van der Waals surface area contributed by atoms with Crippen LogP contribution >= 0.6 is 11.8 Å². The number of carbonyl (C=O) groups excluding carboxylic acids is 2. The molecule has 0 amide bonds. The van der Waals surface area contributed by atoms with E-state index in [1.54, 1.807) is 32.5 Å². The van der Waals surface area contributed by atoms with Crippen molar-refractivity contribution in [3.05, 3.63) is 11.8 Å². The first-order chi connectivity index (χ1) is 10.2. The maximum atomic E-state index is 11.9. The quantitative estimate of drug-likeness (QED) is 0.415. The summed E-state index contributed by atoms with van der Waals surface area (Å²) in [4.78, 5) is 23.6. The van der Waals surface area contributed by atoms with Gasteiger partial charge >= 0.3 is 11.9 Å². The molecule has 0 aromatic heterocycles. The van der Waals surface area contributed by atoms with E-state index in [1.165, 1.54) is 19.3 Å². The van der Waals surface area contributed by atoms with Gasteiger partial charge in [0.2, 0.25) is 0 Å². The van der Waals surface area contributed by atoms with Gasteiger partial charge in [0.05, 0.1) is 4.75 Å². The summed E-state index contributed by atoms with van der Waals surface area (Å²) in [5.41, 5.74) is -0.696. The van der Waals surface area contributed by atoms with E-state index in [-0.39, 0.29) is 4.75 Å². The fourth-order valence-electron chi connectivity index (χ4n) is 2.28. The van der Waals surface area contributed by atoms with Gasteiger partial charge in [0.15, 0.2) is 0 Å². The number of unbranched alkanes of at least 4 members (excludes halogenated alkanes) is 3. The van der Waals surface area contributed by atoms with Gasteiger partial charge in [0.1, 0.15) is 11.4 Å². The predicted octanol–water partition coefficient (Wildman–Crippen LogP) is 4.23. The maximum Gasteiger partial charge on any atom is 0.422 e. The molecule has 0 saturated carbocycles. The third-order valence-corrected chi connectivity index (χ3v) is 4.84. The van der Waals surface area contributed by atoms with Crippen molar-refractivity contribution in [2.45, 2.75) is 77.1 Å². The van der Waals surface area contributed by atoms with Crippen molar-refractivity contribution in [2.24, 2.45) is 0 Å². The summed E-state index contributed by atoms with van der Waals surface area (Å²) in [5.74, 6) is -0.451. The molecule has 0 N–H and O–H groups in total. The topological polar surface area (TPSA) is 52.6 Å². The van der Waals surface area contributed by atoms with Crippen molar-refractivity contribution in [1.82, 2.24) is 0 Å². The molecule has 0 radical (unpaired) electrons. The minimum atomic E-state index is -0.932. The molecule has 4 nitrogen and oxygen atoms in total. The Kier molecular flexibility index (Phi) is 6.98. The van der Waals surface area contributed by atoms with Gasteiger partial charge in [-0.1, -0.05) is 32.6 Å². The smallest absolute Gasteiger partial charge is 0.422 e. The molecular weight excluding hydrogens is 300 g/mol. The summed E-state index contributed by atoms with van der Waals surface area (Å²) in [5, 5.41) is 0. The van der Waals surface area contributed by atoms with Crippen LogP contribution in [0.1, 0.15) is 66.7 Å². The number of carbonyl (C=O) groups is 2. The third-order valence-electron chi connectivity index (χ3n) is 3.47. The molecule has 1 atom stereocenters. The fraction of sp³-hybridized carbons (Fsp3) is 0.765. The molecule has 0 fully saturated rings. The lowest BCUT2D eigenvalue weighted by Crippen LogP contribution is -2.32. The molecule has 0 aromatic rings. The predicted molar refractivity (Wildman–Crippen MR) is 89.6 cm³/mol. The van der Waals surface area contributed by atoms with Crippen LogP contribution in [0.5, 0.6) is 0 Å². The Morgan fingerprint density at radius 1 is 1.23 bits per heavy atom. The molecule has 0 bridgehead atoms. The summed E-state index contributed by atoms with van der Waals surface area (Å²) in [7, 11) is 0. The third kappa shape index (κ3) is 6.03. The van der Waals surface area contributed by atoms with E-state index in [0.717, 1.165) is 18.6 Å². The van der Waals surface area contributed by atoms with Gasteiger partial charge in [-0.3, -0.25) is 0 Å². The van der Waals surface area contributed by atoms with Gasteiger partial charge in [0, 0.05) is 5.75 Å². The average Bonchev–Trinajstić information content (AvgIpc) is 2.74. The first kappa shape index (κ1) is 19.1. The van der Waals surface area contributed by atoms with Crippen LogP contribution in [0.3, 0.4) is 0 Å². The van der Waals surface area contributed by atoms with E-state index in [9.17, 15) is 9.59 Å². The van der Waals surface area contributed by atoms with Gasteiger partial charge in [-0.2, -0.15) is 0 Å². The Balaban J connectivity index is 2.56. The zero-order valence-corrected chi connectivity index (χ0v) is 15.2. The highest BCUT2D eigenvalue weighted by molar-refractivity contribution is 8.01. The van der Waals surface area contributed by atoms with Crippen molar-refractivity contribution in [3.8, 4) is 0 Å². The van der Waals surface area contributed by atoms with Crippen LogP contribution in [0, 0.1) is 0 Å². The first-order valence-corrected chi connectivity index (χ1v) is 8.96. The number of rotatable bonds is 6. The van der Waals surface area contributed by atoms with E-state index in [4.69, 9.17) is 9.47 Å². The van der Waals surface area contributed by atoms with Crippen molar-refractivity contribution >= 4 is 23.7 Å². The van der Waals surface area contributed by atoms with Crippen molar-refractivity contribution in [2.75, 3.05) is 5.75 Å². The summed E-state index contributed by atoms with van der Waals surface area (Å²) < 4.78 is 10.1. The summed E-state index contributed by atoms with van der Waals surface area (Å²) in [6.45, 7) is 9.42. The Morgan fingerprint density at radius 2 is 1.91 bits per heavy atom. The lowest BCUT2D eigenvalue weighted by molar-refractivity contribution is -0.172. The van der Waals surface area contributed by atoms with E-state index < -0.39 is 17.5 Å². The van der Waals surface area contributed by atoms with E-state index >= 15 is 0 Å². The highest BCUT2D eigenvalue weighted by Crippen LogP contribution is 2.43. The molecule has 0 spiro atoms. The number of thioether (sulfide) groups is 1. The minimum absolute atomic E-state index is 0.217. The van der Waals surface area contributed by atoms with Crippen LogP contribution in [0.4, 0.5) is 0 Å². The second kappa shape index (κ2) is 8.04. The lowest BCUT2D eigenvalue weighted by Gasteiger charge is -2.26. The Bertz CT molecular complexity index is 436. The summed E-state index contributed by atoms with van der Waals surface area (Å²) >= 11 is 1.76. The minimum Gasteiger partial charge on any atom is -0.452 e. The number of hydrogen-bond acceptors (Lipinski definition) is 5. The normalized spacial score (nSPS) is 21.4. The number of ether oxygens (including phenoxy) is 2. The molecule has 1 heterocycles. The molecule has 0 aromatic carbocycles. The van der Waals surface area contributed by atoms with E-state index in [1.807, 2.05) is 6.08 Å². The van der Waals surface area contributed by atoms with Crippen LogP contribution < -0.4 is 0 Å².